The first-order valence-corrected chi connectivity index (χ1v) is 6.22. The van der Waals surface area contributed by atoms with Gasteiger partial charge in [-0.1, -0.05) is 29.3 Å². The highest BCUT2D eigenvalue weighted by Crippen LogP contribution is 2.37. The average molecular weight is 248 g/mol. The summed E-state index contributed by atoms with van der Waals surface area (Å²) in [5.41, 5.74) is 0. The van der Waals surface area contributed by atoms with E-state index in [1.54, 1.807) is 11.8 Å². The van der Waals surface area contributed by atoms with Crippen LogP contribution in [0.1, 0.15) is 6.42 Å². The molecule has 2 rings (SSSR count). The molecule has 14 heavy (non-hydrogen) atoms. The highest BCUT2D eigenvalue weighted by Gasteiger charge is 2.18. The molecule has 1 nitrogen and oxygen atoms in total. The Bertz CT molecular complexity index is 304. The first kappa shape index (κ1) is 10.6. The normalized spacial score (nSPS) is 21.4. The van der Waals surface area contributed by atoms with Crippen molar-refractivity contribution in [2.45, 2.75) is 16.6 Å². The van der Waals surface area contributed by atoms with Gasteiger partial charge in [0.05, 0.1) is 10.0 Å². The molecule has 0 unspecified atom stereocenters. The minimum atomic E-state index is 0.604. The van der Waals surface area contributed by atoms with Crippen molar-refractivity contribution < 1.29 is 0 Å². The summed E-state index contributed by atoms with van der Waals surface area (Å²) in [6, 6.07) is 5.65. The molecule has 0 aliphatic carbocycles. The van der Waals surface area contributed by atoms with Gasteiger partial charge in [-0.25, -0.2) is 0 Å². The molecule has 4 heteroatoms. The van der Waals surface area contributed by atoms with Gasteiger partial charge >= 0.3 is 0 Å². The SMILES string of the molecule is Clc1cccc(Cl)c1S[C@H]1CCNC1. The van der Waals surface area contributed by atoms with Crippen LogP contribution in [0.2, 0.25) is 10.0 Å². The third kappa shape index (κ3) is 2.37. The summed E-state index contributed by atoms with van der Waals surface area (Å²) in [6.07, 6.45) is 1.19. The van der Waals surface area contributed by atoms with Crippen LogP contribution in [0.25, 0.3) is 0 Å². The van der Waals surface area contributed by atoms with Crippen molar-refractivity contribution >= 4 is 35.0 Å². The van der Waals surface area contributed by atoms with E-state index in [9.17, 15) is 0 Å². The Kier molecular flexibility index (Phi) is 3.61. The van der Waals surface area contributed by atoms with Gasteiger partial charge in [0.1, 0.15) is 0 Å². The van der Waals surface area contributed by atoms with E-state index in [0.717, 1.165) is 28.0 Å². The lowest BCUT2D eigenvalue weighted by Crippen LogP contribution is -2.10. The lowest BCUT2D eigenvalue weighted by atomic mass is 10.4. The van der Waals surface area contributed by atoms with E-state index < -0.39 is 0 Å². The second kappa shape index (κ2) is 4.75. The van der Waals surface area contributed by atoms with Crippen LogP contribution in [-0.2, 0) is 0 Å². The molecule has 1 aliphatic rings. The van der Waals surface area contributed by atoms with Crippen molar-refractivity contribution in [3.63, 3.8) is 0 Å². The maximum absolute atomic E-state index is 6.08. The highest BCUT2D eigenvalue weighted by atomic mass is 35.5. The summed E-state index contributed by atoms with van der Waals surface area (Å²) in [5, 5.41) is 5.45. The minimum absolute atomic E-state index is 0.604. The second-order valence-electron chi connectivity index (χ2n) is 3.28. The molecule has 1 fully saturated rings. The second-order valence-corrected chi connectivity index (χ2v) is 5.41. The maximum Gasteiger partial charge on any atom is 0.0557 e. The van der Waals surface area contributed by atoms with Gasteiger partial charge in [-0.15, -0.1) is 11.8 Å². The number of nitrogens with one attached hydrogen (secondary N) is 1. The molecule has 1 atom stereocenters. The van der Waals surface area contributed by atoms with Crippen LogP contribution in [-0.4, -0.2) is 18.3 Å². The van der Waals surface area contributed by atoms with Gasteiger partial charge in [-0.2, -0.15) is 0 Å². The lowest BCUT2D eigenvalue weighted by Gasteiger charge is -2.10. The Hall–Kier alpha value is 0.110. The molecule has 1 aromatic rings. The number of hydrogen-bond donors (Lipinski definition) is 1. The Morgan fingerprint density at radius 3 is 2.57 bits per heavy atom. The quantitative estimate of drug-likeness (QED) is 0.860. The molecule has 0 aromatic heterocycles. The first-order chi connectivity index (χ1) is 6.77. The number of benzene rings is 1. The van der Waals surface area contributed by atoms with Gasteiger partial charge in [-0.3, -0.25) is 0 Å². The number of halogens is 2. The molecular weight excluding hydrogens is 237 g/mol. The van der Waals surface area contributed by atoms with Crippen LogP contribution in [0, 0.1) is 0 Å². The zero-order valence-corrected chi connectivity index (χ0v) is 9.92. The zero-order valence-electron chi connectivity index (χ0n) is 7.59. The lowest BCUT2D eigenvalue weighted by molar-refractivity contribution is 0.858. The molecule has 76 valence electrons. The molecule has 0 bridgehead atoms. The third-order valence-electron chi connectivity index (χ3n) is 2.22. The number of rotatable bonds is 2. The van der Waals surface area contributed by atoms with Gasteiger partial charge in [0.25, 0.3) is 0 Å². The summed E-state index contributed by atoms with van der Waals surface area (Å²) in [4.78, 5) is 1.02. The van der Waals surface area contributed by atoms with Crippen molar-refractivity contribution in [2.24, 2.45) is 0 Å². The predicted molar refractivity (Wildman–Crippen MR) is 63.6 cm³/mol. The van der Waals surface area contributed by atoms with Gasteiger partial charge in [-0.05, 0) is 25.1 Å². The van der Waals surface area contributed by atoms with E-state index in [1.165, 1.54) is 6.42 Å². The van der Waals surface area contributed by atoms with Crippen molar-refractivity contribution in [3.8, 4) is 0 Å². The van der Waals surface area contributed by atoms with E-state index >= 15 is 0 Å². The molecule has 0 amide bonds. The van der Waals surface area contributed by atoms with Crippen LogP contribution in [0.15, 0.2) is 23.1 Å². The van der Waals surface area contributed by atoms with Crippen LogP contribution in [0.3, 0.4) is 0 Å². The summed E-state index contributed by atoms with van der Waals surface area (Å²) in [5.74, 6) is 0. The molecule has 1 N–H and O–H groups in total. The van der Waals surface area contributed by atoms with E-state index in [2.05, 4.69) is 5.32 Å². The van der Waals surface area contributed by atoms with Crippen LogP contribution < -0.4 is 5.32 Å². The molecule has 1 saturated heterocycles. The van der Waals surface area contributed by atoms with Gasteiger partial charge in [0.2, 0.25) is 0 Å². The van der Waals surface area contributed by atoms with Gasteiger partial charge in [0.15, 0.2) is 0 Å². The fourth-order valence-corrected chi connectivity index (χ4v) is 3.29. The highest BCUT2D eigenvalue weighted by molar-refractivity contribution is 8.00. The van der Waals surface area contributed by atoms with Crippen molar-refractivity contribution in [2.75, 3.05) is 13.1 Å². The topological polar surface area (TPSA) is 12.0 Å². The zero-order chi connectivity index (χ0) is 9.97. The molecule has 0 saturated carbocycles. The summed E-state index contributed by atoms with van der Waals surface area (Å²) < 4.78 is 0. The summed E-state index contributed by atoms with van der Waals surface area (Å²) in [7, 11) is 0. The van der Waals surface area contributed by atoms with Gasteiger partial charge in [0, 0.05) is 16.7 Å². The maximum atomic E-state index is 6.08. The van der Waals surface area contributed by atoms with E-state index in [1.807, 2.05) is 18.2 Å². The number of thioether (sulfide) groups is 1. The summed E-state index contributed by atoms with van der Waals surface area (Å²) in [6.45, 7) is 2.14. The molecule has 1 heterocycles. The predicted octanol–water partition coefficient (Wildman–Crippen LogP) is 3.45. The monoisotopic (exact) mass is 247 g/mol. The largest absolute Gasteiger partial charge is 0.316 e. The Morgan fingerprint density at radius 1 is 1.29 bits per heavy atom. The van der Waals surface area contributed by atoms with E-state index in [-0.39, 0.29) is 0 Å². The van der Waals surface area contributed by atoms with E-state index in [0.29, 0.717) is 5.25 Å². The minimum Gasteiger partial charge on any atom is -0.316 e. The smallest absolute Gasteiger partial charge is 0.0557 e. The first-order valence-electron chi connectivity index (χ1n) is 4.59. The molecule has 1 aliphatic heterocycles. The Morgan fingerprint density at radius 2 is 2.00 bits per heavy atom. The van der Waals surface area contributed by atoms with Crippen molar-refractivity contribution in [3.05, 3.63) is 28.2 Å². The molecule has 0 radical (unpaired) electrons. The Balaban J connectivity index is 2.14. The fraction of sp³-hybridized carbons (Fsp3) is 0.400. The Labute approximate surface area is 98.2 Å². The van der Waals surface area contributed by atoms with Gasteiger partial charge < -0.3 is 5.32 Å². The average Bonchev–Trinajstić information content (AvgIpc) is 2.64. The van der Waals surface area contributed by atoms with Crippen molar-refractivity contribution in [1.29, 1.82) is 0 Å². The van der Waals surface area contributed by atoms with Crippen LogP contribution >= 0.6 is 35.0 Å². The number of hydrogen-bond acceptors (Lipinski definition) is 2. The molecule has 1 aromatic carbocycles. The van der Waals surface area contributed by atoms with Crippen LogP contribution in [0.4, 0.5) is 0 Å². The molecular formula is C10H11Cl2NS. The van der Waals surface area contributed by atoms with Crippen LogP contribution in [0.5, 0.6) is 0 Å². The summed E-state index contributed by atoms with van der Waals surface area (Å²) >= 11 is 13.9. The molecule has 0 spiro atoms. The standard InChI is InChI=1S/C10H11Cl2NS/c11-8-2-1-3-9(12)10(8)14-7-4-5-13-6-7/h1-3,7,13H,4-6H2/t7-/m0/s1. The third-order valence-corrected chi connectivity index (χ3v) is 4.48. The van der Waals surface area contributed by atoms with Crippen molar-refractivity contribution in [1.82, 2.24) is 5.32 Å². The van der Waals surface area contributed by atoms with E-state index in [4.69, 9.17) is 23.2 Å². The fourth-order valence-electron chi connectivity index (χ4n) is 1.49.